The summed E-state index contributed by atoms with van der Waals surface area (Å²) in [5.74, 6) is -0.291. The van der Waals surface area contributed by atoms with Crippen molar-refractivity contribution in [1.82, 2.24) is 0 Å². The Kier molecular flexibility index (Phi) is 12.5. The summed E-state index contributed by atoms with van der Waals surface area (Å²) in [6.45, 7) is 2.23. The summed E-state index contributed by atoms with van der Waals surface area (Å²) in [6, 6.07) is 0. The van der Waals surface area contributed by atoms with E-state index in [9.17, 15) is 13.5 Å². The molecule has 0 aromatic carbocycles. The van der Waals surface area contributed by atoms with E-state index in [1.807, 2.05) is 0 Å². The molecule has 0 bridgehead atoms. The summed E-state index contributed by atoms with van der Waals surface area (Å²) < 4.78 is 26.5. The molecule has 0 heterocycles. The van der Waals surface area contributed by atoms with Crippen LogP contribution >= 0.6 is 0 Å². The second kappa shape index (κ2) is 12.6. The third-order valence-corrected chi connectivity index (χ3v) is 4.84. The van der Waals surface area contributed by atoms with Crippen LogP contribution in [0.3, 0.4) is 0 Å². The summed E-state index contributed by atoms with van der Waals surface area (Å²) in [4.78, 5) is 0. The Morgan fingerprint density at radius 1 is 0.900 bits per heavy atom. The SMILES string of the molecule is CCCCCCCCCCCCC(O)CS(=O)(=O)OC. The van der Waals surface area contributed by atoms with Crippen LogP contribution in [0.4, 0.5) is 0 Å². The molecular formula is C15H32O4S. The minimum absolute atomic E-state index is 0.291. The monoisotopic (exact) mass is 308 g/mol. The lowest BCUT2D eigenvalue weighted by Crippen LogP contribution is -2.21. The molecule has 1 atom stereocenters. The fourth-order valence-corrected chi connectivity index (χ4v) is 3.03. The van der Waals surface area contributed by atoms with Gasteiger partial charge in [0, 0.05) is 0 Å². The van der Waals surface area contributed by atoms with Gasteiger partial charge in [0.15, 0.2) is 0 Å². The molecule has 0 aliphatic carbocycles. The van der Waals surface area contributed by atoms with Gasteiger partial charge in [0.05, 0.1) is 13.2 Å². The maximum Gasteiger partial charge on any atom is 0.269 e. The Labute approximate surface area is 125 Å². The molecule has 0 aromatic heterocycles. The molecule has 0 radical (unpaired) electrons. The van der Waals surface area contributed by atoms with Gasteiger partial charge in [-0.3, -0.25) is 4.18 Å². The summed E-state index contributed by atoms with van der Waals surface area (Å²) in [5.41, 5.74) is 0. The smallest absolute Gasteiger partial charge is 0.269 e. The van der Waals surface area contributed by atoms with Crippen molar-refractivity contribution in [2.24, 2.45) is 0 Å². The Hall–Kier alpha value is -0.130. The molecule has 0 amide bonds. The first-order chi connectivity index (χ1) is 9.52. The minimum atomic E-state index is -3.53. The highest BCUT2D eigenvalue weighted by atomic mass is 32.2. The molecule has 4 nitrogen and oxygen atoms in total. The lowest BCUT2D eigenvalue weighted by atomic mass is 10.1. The maximum absolute atomic E-state index is 11.1. The predicted molar refractivity (Wildman–Crippen MR) is 83.3 cm³/mol. The molecule has 0 aliphatic rings. The van der Waals surface area contributed by atoms with Crippen LogP contribution in [0.1, 0.15) is 77.6 Å². The number of unbranched alkanes of at least 4 members (excludes halogenated alkanes) is 9. The van der Waals surface area contributed by atoms with E-state index in [0.29, 0.717) is 6.42 Å². The Morgan fingerprint density at radius 2 is 1.35 bits per heavy atom. The van der Waals surface area contributed by atoms with Crippen molar-refractivity contribution in [3.05, 3.63) is 0 Å². The van der Waals surface area contributed by atoms with E-state index in [1.165, 1.54) is 51.4 Å². The van der Waals surface area contributed by atoms with E-state index < -0.39 is 16.2 Å². The molecule has 20 heavy (non-hydrogen) atoms. The van der Waals surface area contributed by atoms with Crippen molar-refractivity contribution in [1.29, 1.82) is 0 Å². The summed E-state index contributed by atoms with van der Waals surface area (Å²) in [6.07, 6.45) is 12.1. The van der Waals surface area contributed by atoms with Crippen molar-refractivity contribution in [2.75, 3.05) is 12.9 Å². The van der Waals surface area contributed by atoms with Gasteiger partial charge >= 0.3 is 0 Å². The van der Waals surface area contributed by atoms with Gasteiger partial charge in [0.25, 0.3) is 10.1 Å². The Bertz CT molecular complexity index is 301. The first-order valence-corrected chi connectivity index (χ1v) is 9.56. The molecule has 0 spiro atoms. The van der Waals surface area contributed by atoms with Gasteiger partial charge in [0.1, 0.15) is 5.75 Å². The third kappa shape index (κ3) is 12.9. The predicted octanol–water partition coefficient (Wildman–Crippen LogP) is 3.63. The van der Waals surface area contributed by atoms with Crippen LogP contribution in [0, 0.1) is 0 Å². The third-order valence-electron chi connectivity index (χ3n) is 3.54. The first-order valence-electron chi connectivity index (χ1n) is 7.98. The van der Waals surface area contributed by atoms with Crippen LogP contribution < -0.4 is 0 Å². The van der Waals surface area contributed by atoms with Crippen molar-refractivity contribution in [3.8, 4) is 0 Å². The molecular weight excluding hydrogens is 276 g/mol. The average Bonchev–Trinajstić information content (AvgIpc) is 2.40. The van der Waals surface area contributed by atoms with Gasteiger partial charge in [-0.05, 0) is 6.42 Å². The lowest BCUT2D eigenvalue weighted by Gasteiger charge is -2.09. The Morgan fingerprint density at radius 3 is 1.80 bits per heavy atom. The molecule has 0 aromatic rings. The fraction of sp³-hybridized carbons (Fsp3) is 1.00. The van der Waals surface area contributed by atoms with Crippen LogP contribution in [0.2, 0.25) is 0 Å². The molecule has 0 rings (SSSR count). The highest BCUT2D eigenvalue weighted by Gasteiger charge is 2.15. The van der Waals surface area contributed by atoms with E-state index in [1.54, 1.807) is 0 Å². The summed E-state index contributed by atoms with van der Waals surface area (Å²) >= 11 is 0. The van der Waals surface area contributed by atoms with E-state index >= 15 is 0 Å². The molecule has 1 N–H and O–H groups in total. The minimum Gasteiger partial charge on any atom is -0.392 e. The fourth-order valence-electron chi connectivity index (χ4n) is 2.25. The van der Waals surface area contributed by atoms with Gasteiger partial charge in [-0.25, -0.2) is 0 Å². The Balaban J connectivity index is 3.31. The van der Waals surface area contributed by atoms with Crippen LogP contribution in [-0.4, -0.2) is 32.5 Å². The number of hydrogen-bond donors (Lipinski definition) is 1. The van der Waals surface area contributed by atoms with Crippen LogP contribution in [0.5, 0.6) is 0 Å². The average molecular weight is 308 g/mol. The standard InChI is InChI=1S/C15H32O4S/c1-3-4-5-6-7-8-9-10-11-12-13-15(16)14-20(17,18)19-2/h15-16H,3-14H2,1-2H3. The van der Waals surface area contributed by atoms with Crippen LogP contribution in [-0.2, 0) is 14.3 Å². The number of hydrogen-bond acceptors (Lipinski definition) is 4. The van der Waals surface area contributed by atoms with E-state index in [0.717, 1.165) is 20.0 Å². The van der Waals surface area contributed by atoms with Crippen LogP contribution in [0.25, 0.3) is 0 Å². The van der Waals surface area contributed by atoms with Crippen molar-refractivity contribution < 1.29 is 17.7 Å². The van der Waals surface area contributed by atoms with Gasteiger partial charge < -0.3 is 5.11 Å². The van der Waals surface area contributed by atoms with E-state index in [-0.39, 0.29) is 5.75 Å². The zero-order valence-electron chi connectivity index (χ0n) is 13.1. The van der Waals surface area contributed by atoms with Gasteiger partial charge in [-0.15, -0.1) is 0 Å². The largest absolute Gasteiger partial charge is 0.392 e. The molecule has 0 aliphatic heterocycles. The van der Waals surface area contributed by atoms with Crippen molar-refractivity contribution >= 4 is 10.1 Å². The number of aliphatic hydroxyl groups is 1. The second-order valence-corrected chi connectivity index (χ2v) is 7.30. The highest BCUT2D eigenvalue weighted by molar-refractivity contribution is 7.86. The molecule has 0 saturated carbocycles. The molecule has 0 saturated heterocycles. The lowest BCUT2D eigenvalue weighted by molar-refractivity contribution is 0.179. The zero-order valence-corrected chi connectivity index (χ0v) is 14.0. The summed E-state index contributed by atoms with van der Waals surface area (Å²) in [7, 11) is -2.40. The van der Waals surface area contributed by atoms with Gasteiger partial charge in [0.2, 0.25) is 0 Å². The number of rotatable bonds is 14. The first kappa shape index (κ1) is 19.9. The van der Waals surface area contributed by atoms with Gasteiger partial charge in [-0.1, -0.05) is 71.1 Å². The molecule has 1 unspecified atom stereocenters. The maximum atomic E-state index is 11.1. The van der Waals surface area contributed by atoms with Crippen LogP contribution in [0.15, 0.2) is 0 Å². The topological polar surface area (TPSA) is 63.6 Å². The normalized spacial score (nSPS) is 13.6. The summed E-state index contributed by atoms with van der Waals surface area (Å²) in [5, 5.41) is 9.58. The molecule has 0 fully saturated rings. The zero-order chi connectivity index (χ0) is 15.3. The number of aliphatic hydroxyl groups excluding tert-OH is 1. The molecule has 122 valence electrons. The van der Waals surface area contributed by atoms with Gasteiger partial charge in [-0.2, -0.15) is 8.42 Å². The van der Waals surface area contributed by atoms with Crippen molar-refractivity contribution in [2.45, 2.75) is 83.7 Å². The molecule has 5 heteroatoms. The van der Waals surface area contributed by atoms with E-state index in [4.69, 9.17) is 0 Å². The second-order valence-electron chi connectivity index (χ2n) is 5.52. The van der Waals surface area contributed by atoms with E-state index in [2.05, 4.69) is 11.1 Å². The van der Waals surface area contributed by atoms with Crippen molar-refractivity contribution in [3.63, 3.8) is 0 Å². The quantitative estimate of drug-likeness (QED) is 0.393. The highest BCUT2D eigenvalue weighted by Crippen LogP contribution is 2.12.